The Morgan fingerprint density at radius 1 is 0.921 bits per heavy atom. The number of carbonyl (C=O) groups excluding carboxylic acids is 2. The number of fused-ring (bicyclic) bond motifs is 1. The number of para-hydroxylation sites is 2. The lowest BCUT2D eigenvalue weighted by Gasteiger charge is -2.10. The number of nitrogens with zero attached hydrogens (tertiary/aromatic N) is 4. The van der Waals surface area contributed by atoms with Crippen LogP contribution in [-0.4, -0.2) is 36.5 Å². The Balaban J connectivity index is 1.33. The second kappa shape index (κ2) is 10.5. The van der Waals surface area contributed by atoms with Crippen LogP contribution in [0.25, 0.3) is 11.2 Å². The number of benzene rings is 3. The van der Waals surface area contributed by atoms with Crippen LogP contribution in [0.3, 0.4) is 0 Å². The maximum absolute atomic E-state index is 12.6. The summed E-state index contributed by atoms with van der Waals surface area (Å²) in [4.78, 5) is 37.2. The Morgan fingerprint density at radius 3 is 2.32 bits per heavy atom. The van der Waals surface area contributed by atoms with Gasteiger partial charge in [-0.05, 0) is 65.7 Å². The fourth-order valence-electron chi connectivity index (χ4n) is 3.79. The minimum Gasteiger partial charge on any atom is -0.397 e. The van der Waals surface area contributed by atoms with Gasteiger partial charge in [-0.3, -0.25) is 14.8 Å². The monoisotopic (exact) mass is 528 g/mol. The Morgan fingerprint density at radius 2 is 1.61 bits per heavy atom. The van der Waals surface area contributed by atoms with Crippen molar-refractivity contribution in [3.05, 3.63) is 101 Å². The van der Waals surface area contributed by atoms with Crippen molar-refractivity contribution in [2.45, 2.75) is 6.54 Å². The van der Waals surface area contributed by atoms with E-state index in [0.717, 1.165) is 5.56 Å². The molecular weight excluding hydrogens is 508 g/mol. The fourth-order valence-corrected chi connectivity index (χ4v) is 3.95. The van der Waals surface area contributed by atoms with Gasteiger partial charge in [-0.25, -0.2) is 10.5 Å². The third-order valence-corrected chi connectivity index (χ3v) is 5.90. The number of nitrogens with one attached hydrogen (secondary N) is 3. The first-order valence-corrected chi connectivity index (χ1v) is 11.7. The molecule has 38 heavy (non-hydrogen) atoms. The number of anilines is 4. The van der Waals surface area contributed by atoms with Crippen LogP contribution in [-0.2, 0) is 6.54 Å². The first-order chi connectivity index (χ1) is 18.4. The lowest BCUT2D eigenvalue weighted by molar-refractivity contribution is 0.0706. The highest BCUT2D eigenvalue weighted by molar-refractivity contribution is 6.28. The van der Waals surface area contributed by atoms with Gasteiger partial charge in [0.15, 0.2) is 17.0 Å². The van der Waals surface area contributed by atoms with Gasteiger partial charge in [0.25, 0.3) is 11.8 Å². The number of imidazole rings is 1. The Hall–Kier alpha value is -5.00. The molecule has 6 N–H and O–H groups in total. The maximum atomic E-state index is 12.6. The van der Waals surface area contributed by atoms with Gasteiger partial charge in [0.05, 0.1) is 24.2 Å². The number of nitrogen functional groups attached to an aromatic ring is 1. The van der Waals surface area contributed by atoms with E-state index in [9.17, 15) is 9.59 Å². The van der Waals surface area contributed by atoms with Gasteiger partial charge in [0.2, 0.25) is 5.28 Å². The number of hydrogen-bond donors (Lipinski definition) is 5. The van der Waals surface area contributed by atoms with Gasteiger partial charge in [0, 0.05) is 16.8 Å². The second-order valence-electron chi connectivity index (χ2n) is 8.27. The molecule has 0 aliphatic heterocycles. The SMILES string of the molecule is Nc1ccccc1NC(=O)c1ccc(Cn2cnc3c(Nc4ccc(C(=O)NO)cc4)nc(Cl)nc32)cc1. The molecule has 12 heteroatoms. The van der Waals surface area contributed by atoms with Crippen LogP contribution in [0.5, 0.6) is 0 Å². The van der Waals surface area contributed by atoms with Crippen LogP contribution in [0.2, 0.25) is 5.28 Å². The summed E-state index contributed by atoms with van der Waals surface area (Å²) in [5.41, 5.74) is 11.9. The Bertz CT molecular complexity index is 1640. The predicted octanol–water partition coefficient (Wildman–Crippen LogP) is 4.23. The van der Waals surface area contributed by atoms with Crippen LogP contribution in [0.15, 0.2) is 79.1 Å². The third-order valence-electron chi connectivity index (χ3n) is 5.73. The highest BCUT2D eigenvalue weighted by Gasteiger charge is 2.14. The van der Waals surface area contributed by atoms with Crippen LogP contribution in [0, 0.1) is 0 Å². The van der Waals surface area contributed by atoms with E-state index in [1.54, 1.807) is 72.5 Å². The number of carbonyl (C=O) groups is 2. The molecule has 5 rings (SSSR count). The van der Waals surface area contributed by atoms with Crippen LogP contribution < -0.4 is 21.8 Å². The fraction of sp³-hybridized carbons (Fsp3) is 0.0385. The van der Waals surface area contributed by atoms with E-state index in [1.807, 2.05) is 16.7 Å². The average molecular weight is 529 g/mol. The number of halogens is 1. The molecule has 3 aromatic carbocycles. The summed E-state index contributed by atoms with van der Waals surface area (Å²) in [6.07, 6.45) is 1.63. The van der Waals surface area contributed by atoms with Gasteiger partial charge >= 0.3 is 0 Å². The van der Waals surface area contributed by atoms with E-state index in [4.69, 9.17) is 22.5 Å². The smallest absolute Gasteiger partial charge is 0.274 e. The molecule has 2 heterocycles. The normalized spacial score (nSPS) is 10.8. The van der Waals surface area contributed by atoms with E-state index >= 15 is 0 Å². The quantitative estimate of drug-likeness (QED) is 0.0907. The molecule has 190 valence electrons. The largest absolute Gasteiger partial charge is 0.397 e. The topological polar surface area (TPSA) is 160 Å². The number of amides is 2. The highest BCUT2D eigenvalue weighted by atomic mass is 35.5. The van der Waals surface area contributed by atoms with Crippen molar-refractivity contribution in [2.75, 3.05) is 16.4 Å². The molecular formula is C26H21ClN8O3. The zero-order chi connectivity index (χ0) is 26.6. The van der Waals surface area contributed by atoms with Crippen molar-refractivity contribution < 1.29 is 14.8 Å². The summed E-state index contributed by atoms with van der Waals surface area (Å²) in [6.45, 7) is 0.432. The van der Waals surface area contributed by atoms with Crippen molar-refractivity contribution in [3.8, 4) is 0 Å². The summed E-state index contributed by atoms with van der Waals surface area (Å²) in [7, 11) is 0. The van der Waals surface area contributed by atoms with Crippen molar-refractivity contribution in [2.24, 2.45) is 0 Å². The van der Waals surface area contributed by atoms with Crippen LogP contribution in [0.4, 0.5) is 22.9 Å². The molecule has 0 aliphatic carbocycles. The van der Waals surface area contributed by atoms with Crippen molar-refractivity contribution in [1.82, 2.24) is 25.0 Å². The molecule has 2 amide bonds. The van der Waals surface area contributed by atoms with Crippen LogP contribution >= 0.6 is 11.6 Å². The molecule has 0 saturated carbocycles. The number of hydroxylamine groups is 1. The molecule has 0 saturated heterocycles. The van der Waals surface area contributed by atoms with Crippen molar-refractivity contribution in [3.63, 3.8) is 0 Å². The molecule has 0 atom stereocenters. The summed E-state index contributed by atoms with van der Waals surface area (Å²) < 4.78 is 1.82. The summed E-state index contributed by atoms with van der Waals surface area (Å²) in [6, 6.07) is 20.6. The van der Waals surface area contributed by atoms with Gasteiger partial charge < -0.3 is 20.9 Å². The molecule has 0 spiro atoms. The van der Waals surface area contributed by atoms with Crippen LogP contribution in [0.1, 0.15) is 26.3 Å². The van der Waals surface area contributed by atoms with E-state index in [0.29, 0.717) is 51.7 Å². The standard InChI is InChI=1S/C26H21ClN8O3/c27-26-32-22(30-18-11-9-17(10-12-18)25(37)34-38)21-23(33-26)35(14-29-21)13-15-5-7-16(8-6-15)24(36)31-20-4-2-1-3-19(20)28/h1-12,14,38H,13,28H2,(H,31,36)(H,34,37)(H,30,32,33). The molecule has 0 aliphatic rings. The maximum Gasteiger partial charge on any atom is 0.274 e. The molecule has 2 aromatic heterocycles. The Labute approximate surface area is 221 Å². The van der Waals surface area contributed by atoms with Gasteiger partial charge in [-0.15, -0.1) is 0 Å². The zero-order valence-electron chi connectivity index (χ0n) is 19.7. The van der Waals surface area contributed by atoms with Crippen molar-refractivity contribution >= 4 is 57.5 Å². The van der Waals surface area contributed by atoms with Gasteiger partial charge in [0.1, 0.15) is 0 Å². The first-order valence-electron chi connectivity index (χ1n) is 11.4. The van der Waals surface area contributed by atoms with Gasteiger partial charge in [-0.2, -0.15) is 9.97 Å². The second-order valence-corrected chi connectivity index (χ2v) is 8.61. The predicted molar refractivity (Wildman–Crippen MR) is 144 cm³/mol. The van der Waals surface area contributed by atoms with E-state index < -0.39 is 5.91 Å². The minimum absolute atomic E-state index is 0.0326. The van der Waals surface area contributed by atoms with E-state index in [-0.39, 0.29) is 11.2 Å². The number of nitrogens with two attached hydrogens (primary N) is 1. The molecule has 0 fully saturated rings. The lowest BCUT2D eigenvalue weighted by atomic mass is 10.1. The molecule has 0 bridgehead atoms. The highest BCUT2D eigenvalue weighted by Crippen LogP contribution is 2.25. The summed E-state index contributed by atoms with van der Waals surface area (Å²) in [5.74, 6) is -0.481. The zero-order valence-corrected chi connectivity index (χ0v) is 20.5. The Kier molecular flexibility index (Phi) is 6.85. The van der Waals surface area contributed by atoms with Gasteiger partial charge in [-0.1, -0.05) is 24.3 Å². The minimum atomic E-state index is -0.614. The lowest BCUT2D eigenvalue weighted by Crippen LogP contribution is -2.18. The molecule has 0 radical (unpaired) electrons. The molecule has 11 nitrogen and oxygen atoms in total. The molecule has 0 unspecified atom stereocenters. The first kappa shape index (κ1) is 24.7. The van der Waals surface area contributed by atoms with E-state index in [2.05, 4.69) is 25.6 Å². The van der Waals surface area contributed by atoms with Crippen molar-refractivity contribution in [1.29, 1.82) is 0 Å². The summed E-state index contributed by atoms with van der Waals surface area (Å²) in [5, 5.41) is 14.7. The van der Waals surface area contributed by atoms with E-state index in [1.165, 1.54) is 0 Å². The number of aromatic nitrogens is 4. The number of rotatable bonds is 7. The summed E-state index contributed by atoms with van der Waals surface area (Å²) >= 11 is 6.20. The number of hydrogen-bond acceptors (Lipinski definition) is 8. The average Bonchev–Trinajstić information content (AvgIpc) is 3.32. The molecule has 5 aromatic rings. The third kappa shape index (κ3) is 5.24.